The molecule has 1 N–H and O–H groups in total. The van der Waals surface area contributed by atoms with Gasteiger partial charge in [0.05, 0.1) is 0 Å². The van der Waals surface area contributed by atoms with Gasteiger partial charge < -0.3 is 5.32 Å². The number of hydrogen-bond acceptors (Lipinski definition) is 4. The van der Waals surface area contributed by atoms with Gasteiger partial charge in [0.2, 0.25) is 6.29 Å². The normalized spacial score (nSPS) is 10.6. The molecule has 1 aromatic heterocycles. The van der Waals surface area contributed by atoms with E-state index in [4.69, 9.17) is 4.79 Å². The maximum Gasteiger partial charge on any atom is 0.446 e. The fraction of sp³-hybridized carbons (Fsp3) is 0.545. The lowest BCUT2D eigenvalue weighted by Gasteiger charge is -2.14. The zero-order chi connectivity index (χ0) is 14.0. The molecule has 0 bridgehead atoms. The highest BCUT2D eigenvalue weighted by atomic mass is 19.4. The van der Waals surface area contributed by atoms with E-state index in [2.05, 4.69) is 29.1 Å². The van der Waals surface area contributed by atoms with E-state index < -0.39 is 12.5 Å². The molecular formula is C11H16F3N3O. The van der Waals surface area contributed by atoms with E-state index in [1.165, 1.54) is 0 Å². The molecule has 0 aliphatic heterocycles. The molecule has 0 aliphatic rings. The van der Waals surface area contributed by atoms with Crippen LogP contribution in [-0.4, -0.2) is 28.5 Å². The van der Waals surface area contributed by atoms with Gasteiger partial charge in [-0.3, -0.25) is 4.79 Å². The van der Waals surface area contributed by atoms with Crippen LogP contribution in [0.25, 0.3) is 0 Å². The number of rotatable bonds is 4. The van der Waals surface area contributed by atoms with Crippen molar-refractivity contribution < 1.29 is 18.0 Å². The molecule has 0 amide bonds. The lowest BCUT2D eigenvalue weighted by Crippen LogP contribution is -2.17. The summed E-state index contributed by atoms with van der Waals surface area (Å²) in [6, 6.07) is 2.41. The molecule has 7 heteroatoms. The maximum absolute atomic E-state index is 10.4. The summed E-state index contributed by atoms with van der Waals surface area (Å²) >= 11 is 0. The van der Waals surface area contributed by atoms with Gasteiger partial charge in [0.15, 0.2) is 0 Å². The second-order valence-electron chi connectivity index (χ2n) is 3.41. The fourth-order valence-electron chi connectivity index (χ4n) is 1.08. The molecule has 0 saturated carbocycles. The smallest absolute Gasteiger partial charge is 0.367 e. The van der Waals surface area contributed by atoms with E-state index in [1.54, 1.807) is 12.5 Å². The lowest BCUT2D eigenvalue weighted by molar-refractivity contribution is -0.156. The molecular weight excluding hydrogens is 247 g/mol. The highest BCUT2D eigenvalue weighted by Gasteiger charge is 2.24. The molecule has 1 heterocycles. The molecule has 18 heavy (non-hydrogen) atoms. The Morgan fingerprint density at radius 2 is 1.94 bits per heavy atom. The van der Waals surface area contributed by atoms with Crippen LogP contribution in [0.4, 0.5) is 19.0 Å². The van der Waals surface area contributed by atoms with Crippen LogP contribution in [0.3, 0.4) is 0 Å². The minimum Gasteiger partial charge on any atom is -0.367 e. The zero-order valence-corrected chi connectivity index (χ0v) is 10.2. The Bertz CT molecular complexity index is 326. The van der Waals surface area contributed by atoms with Gasteiger partial charge >= 0.3 is 6.18 Å². The van der Waals surface area contributed by atoms with Crippen LogP contribution < -0.4 is 5.32 Å². The van der Waals surface area contributed by atoms with Crippen molar-refractivity contribution in [1.29, 1.82) is 0 Å². The van der Waals surface area contributed by atoms with Crippen LogP contribution >= 0.6 is 0 Å². The molecule has 0 aromatic carbocycles. The number of nitrogens with zero attached hydrogens (tertiary/aromatic N) is 2. The van der Waals surface area contributed by atoms with Crippen LogP contribution in [0.2, 0.25) is 0 Å². The summed E-state index contributed by atoms with van der Waals surface area (Å²) in [6.07, 6.45) is -0.142. The molecule has 0 fully saturated rings. The van der Waals surface area contributed by atoms with E-state index in [0.717, 1.165) is 18.7 Å². The molecule has 0 spiro atoms. The number of carbonyl (C=O) groups is 1. The maximum atomic E-state index is 10.4. The third-order valence-electron chi connectivity index (χ3n) is 2.05. The quantitative estimate of drug-likeness (QED) is 0.849. The van der Waals surface area contributed by atoms with Crippen LogP contribution in [-0.2, 0) is 4.79 Å². The molecule has 4 nitrogen and oxygen atoms in total. The number of carbonyl (C=O) groups excluding carboxylic acids is 1. The van der Waals surface area contributed by atoms with Crippen molar-refractivity contribution in [3.05, 3.63) is 18.6 Å². The van der Waals surface area contributed by atoms with Gasteiger partial charge in [-0.05, 0) is 18.9 Å². The van der Waals surface area contributed by atoms with Crippen LogP contribution in [0.15, 0.2) is 18.6 Å². The van der Waals surface area contributed by atoms with E-state index in [0.29, 0.717) is 6.04 Å². The van der Waals surface area contributed by atoms with Gasteiger partial charge in [-0.2, -0.15) is 13.2 Å². The van der Waals surface area contributed by atoms with Crippen LogP contribution in [0, 0.1) is 0 Å². The first-order valence-corrected chi connectivity index (χ1v) is 5.48. The molecule has 0 atom stereocenters. The standard InChI is InChI=1S/C9H15N3.C2HF3O/c1-3-8(4-2)12-9-5-6-10-7-11-9;3-2(4,5)1-6/h5-8H,3-4H2,1-2H3,(H,10,11,12);1H. The molecule has 1 aromatic rings. The van der Waals surface area contributed by atoms with Crippen molar-refractivity contribution in [3.63, 3.8) is 0 Å². The Morgan fingerprint density at radius 3 is 2.28 bits per heavy atom. The van der Waals surface area contributed by atoms with Crippen molar-refractivity contribution in [3.8, 4) is 0 Å². The third-order valence-corrected chi connectivity index (χ3v) is 2.05. The second-order valence-corrected chi connectivity index (χ2v) is 3.41. The number of hydrogen-bond donors (Lipinski definition) is 1. The molecule has 102 valence electrons. The van der Waals surface area contributed by atoms with Crippen LogP contribution in [0.1, 0.15) is 26.7 Å². The number of anilines is 1. The monoisotopic (exact) mass is 263 g/mol. The Morgan fingerprint density at radius 1 is 1.39 bits per heavy atom. The van der Waals surface area contributed by atoms with Crippen molar-refractivity contribution >= 4 is 12.1 Å². The first-order valence-electron chi connectivity index (χ1n) is 5.48. The van der Waals surface area contributed by atoms with Gasteiger partial charge in [0.25, 0.3) is 0 Å². The summed E-state index contributed by atoms with van der Waals surface area (Å²) in [7, 11) is 0. The predicted molar refractivity (Wildman–Crippen MR) is 62.1 cm³/mol. The van der Waals surface area contributed by atoms with Gasteiger partial charge in [-0.25, -0.2) is 9.97 Å². The number of nitrogens with one attached hydrogen (secondary N) is 1. The third kappa shape index (κ3) is 8.49. The Labute approximate surface area is 104 Å². The highest BCUT2D eigenvalue weighted by molar-refractivity contribution is 5.56. The number of alkyl halides is 3. The Kier molecular flexibility index (Phi) is 7.66. The van der Waals surface area contributed by atoms with E-state index in [1.807, 2.05) is 6.07 Å². The number of aromatic nitrogens is 2. The zero-order valence-electron chi connectivity index (χ0n) is 10.2. The summed E-state index contributed by atoms with van der Waals surface area (Å²) in [5.41, 5.74) is 0. The summed E-state index contributed by atoms with van der Waals surface area (Å²) < 4.78 is 31.2. The first kappa shape index (κ1) is 16.3. The van der Waals surface area contributed by atoms with Crippen molar-refractivity contribution in [2.45, 2.75) is 38.9 Å². The van der Waals surface area contributed by atoms with Gasteiger partial charge in [-0.1, -0.05) is 13.8 Å². The Hall–Kier alpha value is -1.66. The predicted octanol–water partition coefficient (Wildman–Crippen LogP) is 2.82. The lowest BCUT2D eigenvalue weighted by atomic mass is 10.2. The molecule has 0 saturated heterocycles. The van der Waals surface area contributed by atoms with Crippen molar-refractivity contribution in [2.24, 2.45) is 0 Å². The molecule has 0 radical (unpaired) electrons. The summed E-state index contributed by atoms with van der Waals surface area (Å²) in [4.78, 5) is 16.6. The Balaban J connectivity index is 0.000000411. The topological polar surface area (TPSA) is 54.9 Å². The summed E-state index contributed by atoms with van der Waals surface area (Å²) in [6.45, 7) is 4.34. The van der Waals surface area contributed by atoms with Crippen molar-refractivity contribution in [1.82, 2.24) is 9.97 Å². The minimum atomic E-state index is -4.64. The van der Waals surface area contributed by atoms with Gasteiger partial charge in [-0.15, -0.1) is 0 Å². The second kappa shape index (κ2) is 8.43. The molecule has 0 aliphatic carbocycles. The first-order chi connectivity index (χ1) is 8.42. The SMILES string of the molecule is CCC(CC)Nc1ccncn1.O=CC(F)(F)F. The minimum absolute atomic E-state index is 0.528. The van der Waals surface area contributed by atoms with Crippen molar-refractivity contribution in [2.75, 3.05) is 5.32 Å². The number of aldehydes is 1. The van der Waals surface area contributed by atoms with E-state index in [-0.39, 0.29) is 0 Å². The average molecular weight is 263 g/mol. The summed E-state index contributed by atoms with van der Waals surface area (Å²) in [5, 5.41) is 3.33. The molecule has 1 rings (SSSR count). The van der Waals surface area contributed by atoms with Gasteiger partial charge in [0.1, 0.15) is 12.1 Å². The highest BCUT2D eigenvalue weighted by Crippen LogP contribution is 2.08. The summed E-state index contributed by atoms with van der Waals surface area (Å²) in [5.74, 6) is 0.915. The van der Waals surface area contributed by atoms with Gasteiger partial charge in [0, 0.05) is 12.2 Å². The van der Waals surface area contributed by atoms with E-state index in [9.17, 15) is 13.2 Å². The largest absolute Gasteiger partial charge is 0.446 e. The molecule has 0 unspecified atom stereocenters. The van der Waals surface area contributed by atoms with E-state index >= 15 is 0 Å². The fourth-order valence-corrected chi connectivity index (χ4v) is 1.08. The number of halogens is 3. The average Bonchev–Trinajstić information content (AvgIpc) is 2.37. The van der Waals surface area contributed by atoms with Crippen LogP contribution in [0.5, 0.6) is 0 Å².